The second kappa shape index (κ2) is 5.85. The van der Waals surface area contributed by atoms with Crippen molar-refractivity contribution in [2.45, 2.75) is 20.0 Å². The highest BCUT2D eigenvalue weighted by Gasteiger charge is 2.24. The third-order valence-electron chi connectivity index (χ3n) is 1.99. The molecule has 1 rings (SSSR count). The van der Waals surface area contributed by atoms with E-state index in [-0.39, 0.29) is 25.1 Å². The van der Waals surface area contributed by atoms with Crippen LogP contribution in [0.1, 0.15) is 25.5 Å². The van der Waals surface area contributed by atoms with Gasteiger partial charge in [-0.15, -0.1) is 0 Å². The van der Waals surface area contributed by atoms with Crippen LogP contribution in [0.15, 0.2) is 0 Å². The molecule has 1 aromatic carbocycles. The van der Waals surface area contributed by atoms with E-state index in [4.69, 9.17) is 62.7 Å². The number of ether oxygens (including phenoxy) is 1. The lowest BCUT2D eigenvalue weighted by molar-refractivity contribution is -0.145. The van der Waals surface area contributed by atoms with Crippen LogP contribution in [0.2, 0.25) is 25.1 Å². The molecule has 2 nitrogen and oxygen atoms in total. The molecule has 0 aromatic heterocycles. The third kappa shape index (κ3) is 3.12. The van der Waals surface area contributed by atoms with E-state index < -0.39 is 12.1 Å². The van der Waals surface area contributed by atoms with E-state index >= 15 is 0 Å². The van der Waals surface area contributed by atoms with Gasteiger partial charge in [0.25, 0.3) is 0 Å². The first-order valence-electron chi connectivity index (χ1n) is 4.45. The molecule has 7 heteroatoms. The highest BCUT2D eigenvalue weighted by Crippen LogP contribution is 2.46. The molecule has 0 heterocycles. The lowest BCUT2D eigenvalue weighted by Gasteiger charge is -2.18. The second-order valence-corrected chi connectivity index (χ2v) is 5.13. The molecule has 0 aliphatic carbocycles. The summed E-state index contributed by atoms with van der Waals surface area (Å²) in [6, 6.07) is 0. The topological polar surface area (TPSA) is 26.3 Å². The minimum atomic E-state index is -0.667. The summed E-state index contributed by atoms with van der Waals surface area (Å²) in [6.45, 7) is 2.88. The molecule has 0 fully saturated rings. The van der Waals surface area contributed by atoms with Crippen molar-refractivity contribution in [1.29, 1.82) is 0 Å². The van der Waals surface area contributed by atoms with Crippen LogP contribution in [0.4, 0.5) is 0 Å². The zero-order valence-electron chi connectivity index (χ0n) is 8.78. The summed E-state index contributed by atoms with van der Waals surface area (Å²) in [5.74, 6) is -0.466. The average molecular weight is 336 g/mol. The van der Waals surface area contributed by atoms with Crippen molar-refractivity contribution in [3.05, 3.63) is 30.7 Å². The molecular weight excluding hydrogens is 329 g/mol. The SMILES string of the molecule is CC(=O)OC(C)c1c(Cl)c(Cl)c(Cl)c(Cl)c1Cl. The van der Waals surface area contributed by atoms with Crippen molar-refractivity contribution in [1.82, 2.24) is 0 Å². The minimum Gasteiger partial charge on any atom is -0.458 e. The van der Waals surface area contributed by atoms with Crippen molar-refractivity contribution in [3.63, 3.8) is 0 Å². The fourth-order valence-corrected chi connectivity index (χ4v) is 2.75. The monoisotopic (exact) mass is 334 g/mol. The molecule has 0 aliphatic rings. The Kier molecular flexibility index (Phi) is 5.23. The van der Waals surface area contributed by atoms with Gasteiger partial charge in [0.15, 0.2) is 0 Å². The van der Waals surface area contributed by atoms with Crippen LogP contribution in [0.5, 0.6) is 0 Å². The van der Waals surface area contributed by atoms with E-state index in [1.165, 1.54) is 6.92 Å². The van der Waals surface area contributed by atoms with Gasteiger partial charge in [-0.2, -0.15) is 0 Å². The molecule has 1 aromatic rings. The van der Waals surface area contributed by atoms with Crippen LogP contribution in [-0.4, -0.2) is 5.97 Å². The van der Waals surface area contributed by atoms with Crippen LogP contribution in [-0.2, 0) is 9.53 Å². The fraction of sp³-hybridized carbons (Fsp3) is 0.300. The Bertz CT molecular complexity index is 443. The Balaban J connectivity index is 3.38. The van der Waals surface area contributed by atoms with Crippen LogP contribution in [0, 0.1) is 0 Å². The number of benzene rings is 1. The molecule has 0 saturated carbocycles. The Hall–Kier alpha value is 0.140. The van der Waals surface area contributed by atoms with Gasteiger partial charge in [0.2, 0.25) is 0 Å². The molecule has 0 saturated heterocycles. The molecule has 1 unspecified atom stereocenters. The first kappa shape index (κ1) is 15.2. The lowest BCUT2D eigenvalue weighted by Crippen LogP contribution is -2.06. The van der Waals surface area contributed by atoms with Crippen molar-refractivity contribution >= 4 is 64.0 Å². The molecule has 0 bridgehead atoms. The van der Waals surface area contributed by atoms with Crippen LogP contribution < -0.4 is 0 Å². The number of halogens is 5. The summed E-state index contributed by atoms with van der Waals surface area (Å²) in [4.78, 5) is 10.9. The normalized spacial score (nSPS) is 12.4. The molecule has 1 atom stereocenters. The Morgan fingerprint density at radius 3 is 1.65 bits per heavy atom. The van der Waals surface area contributed by atoms with E-state index in [0.717, 1.165) is 0 Å². The first-order valence-corrected chi connectivity index (χ1v) is 6.34. The Morgan fingerprint density at radius 1 is 0.941 bits per heavy atom. The number of carbonyl (C=O) groups excluding carboxylic acids is 1. The van der Waals surface area contributed by atoms with Crippen molar-refractivity contribution in [2.75, 3.05) is 0 Å². The fourth-order valence-electron chi connectivity index (χ4n) is 1.29. The van der Waals surface area contributed by atoms with Crippen LogP contribution in [0.3, 0.4) is 0 Å². The molecule has 0 aliphatic heterocycles. The number of esters is 1. The summed E-state index contributed by atoms with van der Waals surface area (Å²) >= 11 is 29.6. The molecular formula is C10H7Cl5O2. The molecule has 0 amide bonds. The number of rotatable bonds is 2. The van der Waals surface area contributed by atoms with Crippen molar-refractivity contribution < 1.29 is 9.53 Å². The van der Waals surface area contributed by atoms with Gasteiger partial charge in [-0.05, 0) is 6.92 Å². The van der Waals surface area contributed by atoms with E-state index in [0.29, 0.717) is 5.56 Å². The minimum absolute atomic E-state index is 0.0714. The van der Waals surface area contributed by atoms with Gasteiger partial charge < -0.3 is 4.74 Å². The first-order chi connectivity index (χ1) is 7.77. The van der Waals surface area contributed by atoms with E-state index in [1.54, 1.807) is 6.92 Å². The second-order valence-electron chi connectivity index (χ2n) is 3.24. The molecule has 0 radical (unpaired) electrons. The maximum atomic E-state index is 10.9. The largest absolute Gasteiger partial charge is 0.458 e. The number of hydrogen-bond acceptors (Lipinski definition) is 2. The summed E-state index contributed by atoms with van der Waals surface area (Å²) in [5.41, 5.74) is 0.336. The van der Waals surface area contributed by atoms with Gasteiger partial charge in [0.1, 0.15) is 6.10 Å². The Morgan fingerprint density at radius 2 is 1.29 bits per heavy atom. The highest BCUT2D eigenvalue weighted by atomic mass is 35.5. The Labute approximate surface area is 124 Å². The summed E-state index contributed by atoms with van der Waals surface area (Å²) < 4.78 is 4.98. The quantitative estimate of drug-likeness (QED) is 0.400. The van der Waals surface area contributed by atoms with Crippen LogP contribution >= 0.6 is 58.0 Å². The smallest absolute Gasteiger partial charge is 0.303 e. The maximum absolute atomic E-state index is 10.9. The van der Waals surface area contributed by atoms with Crippen molar-refractivity contribution in [3.8, 4) is 0 Å². The predicted octanol–water partition coefficient (Wildman–Crippen LogP) is 5.58. The van der Waals surface area contributed by atoms with E-state index in [1.807, 2.05) is 0 Å². The van der Waals surface area contributed by atoms with Gasteiger partial charge in [-0.25, -0.2) is 0 Å². The van der Waals surface area contributed by atoms with Crippen LogP contribution in [0.25, 0.3) is 0 Å². The average Bonchev–Trinajstić information content (AvgIpc) is 2.23. The third-order valence-corrected chi connectivity index (χ3v) is 4.30. The number of hydrogen-bond donors (Lipinski definition) is 0. The lowest BCUT2D eigenvalue weighted by atomic mass is 10.1. The standard InChI is InChI=1S/C10H7Cl5O2/c1-3(17-4(2)16)5-6(11)8(13)10(15)9(14)7(5)12/h3H,1-2H3. The maximum Gasteiger partial charge on any atom is 0.303 e. The summed E-state index contributed by atoms with van der Waals surface area (Å²) in [7, 11) is 0. The van der Waals surface area contributed by atoms with Gasteiger partial charge >= 0.3 is 5.97 Å². The molecule has 0 N–H and O–H groups in total. The summed E-state index contributed by atoms with van der Waals surface area (Å²) in [6.07, 6.45) is -0.667. The molecule has 0 spiro atoms. The van der Waals surface area contributed by atoms with Gasteiger partial charge in [0.05, 0.1) is 25.1 Å². The number of carbonyl (C=O) groups is 1. The molecule has 94 valence electrons. The highest BCUT2D eigenvalue weighted by molar-refractivity contribution is 6.55. The van der Waals surface area contributed by atoms with E-state index in [9.17, 15) is 4.79 Å². The zero-order chi connectivity index (χ0) is 13.3. The van der Waals surface area contributed by atoms with Gasteiger partial charge in [0, 0.05) is 12.5 Å². The zero-order valence-corrected chi connectivity index (χ0v) is 12.6. The summed E-state index contributed by atoms with van der Waals surface area (Å²) in [5, 5.41) is 0.482. The predicted molar refractivity (Wildman–Crippen MR) is 71.7 cm³/mol. The van der Waals surface area contributed by atoms with Gasteiger partial charge in [-0.1, -0.05) is 58.0 Å². The van der Waals surface area contributed by atoms with E-state index in [2.05, 4.69) is 0 Å². The van der Waals surface area contributed by atoms with Gasteiger partial charge in [-0.3, -0.25) is 4.79 Å². The van der Waals surface area contributed by atoms with Crippen molar-refractivity contribution in [2.24, 2.45) is 0 Å². The molecule has 17 heavy (non-hydrogen) atoms.